The molecule has 2 unspecified atom stereocenters. The van der Waals surface area contributed by atoms with Crippen molar-refractivity contribution < 1.29 is 27.8 Å². The molecular weight excluding hydrogens is 372 g/mol. The molecule has 1 aliphatic heterocycles. The summed E-state index contributed by atoms with van der Waals surface area (Å²) in [5, 5.41) is 0. The summed E-state index contributed by atoms with van der Waals surface area (Å²) in [4.78, 5) is 30.2. The molecule has 0 N–H and O–H groups in total. The molecule has 152 valence electrons. The molecule has 0 bridgehead atoms. The van der Waals surface area contributed by atoms with Crippen molar-refractivity contribution in [1.29, 1.82) is 0 Å². The highest BCUT2D eigenvalue weighted by atomic mass is 19.3. The maximum absolute atomic E-state index is 13.6. The molecule has 0 radical (unpaired) electrons. The average molecular weight is 395 g/mol. The number of halogens is 2. The van der Waals surface area contributed by atoms with Crippen LogP contribution in [0.2, 0.25) is 0 Å². The summed E-state index contributed by atoms with van der Waals surface area (Å²) in [6.07, 6.45) is -0.214. The minimum Gasteiger partial charge on any atom is -0.454 e. The number of nitrogens with zero attached hydrogens (tertiary/aromatic N) is 3. The summed E-state index contributed by atoms with van der Waals surface area (Å²) in [7, 11) is 0. The van der Waals surface area contributed by atoms with Gasteiger partial charge in [-0.25, -0.2) is 9.78 Å². The molecule has 1 saturated heterocycles. The number of ether oxygens (including phenoxy) is 2. The lowest BCUT2D eigenvalue weighted by Gasteiger charge is -2.31. The van der Waals surface area contributed by atoms with Crippen molar-refractivity contribution in [1.82, 2.24) is 14.5 Å². The quantitative estimate of drug-likeness (QED) is 0.718. The van der Waals surface area contributed by atoms with Crippen molar-refractivity contribution in [3.63, 3.8) is 0 Å². The van der Waals surface area contributed by atoms with Crippen LogP contribution in [0.15, 0.2) is 24.3 Å². The largest absolute Gasteiger partial charge is 0.454 e. The number of esters is 1. The first-order valence-electron chi connectivity index (χ1n) is 9.29. The number of hydrogen-bond donors (Lipinski definition) is 0. The summed E-state index contributed by atoms with van der Waals surface area (Å²) in [6, 6.07) is 6.53. The predicted molar refractivity (Wildman–Crippen MR) is 96.8 cm³/mol. The number of carbonyl (C=O) groups excluding carboxylic acids is 2. The molecule has 1 aliphatic rings. The van der Waals surface area contributed by atoms with E-state index in [0.717, 1.165) is 4.57 Å². The van der Waals surface area contributed by atoms with Gasteiger partial charge in [-0.3, -0.25) is 9.36 Å². The van der Waals surface area contributed by atoms with Gasteiger partial charge >= 0.3 is 18.6 Å². The Morgan fingerprint density at radius 3 is 2.79 bits per heavy atom. The fourth-order valence-corrected chi connectivity index (χ4v) is 3.43. The van der Waals surface area contributed by atoms with Gasteiger partial charge in [0.05, 0.1) is 23.6 Å². The smallest absolute Gasteiger partial charge is 0.409 e. The Balaban J connectivity index is 1.73. The number of alkyl halides is 2. The monoisotopic (exact) mass is 395 g/mol. The lowest BCUT2D eigenvalue weighted by Crippen LogP contribution is -2.43. The predicted octanol–water partition coefficient (Wildman–Crippen LogP) is 3.90. The van der Waals surface area contributed by atoms with E-state index in [1.54, 1.807) is 31.2 Å². The second-order valence-electron chi connectivity index (χ2n) is 6.67. The van der Waals surface area contributed by atoms with E-state index in [9.17, 15) is 18.4 Å². The van der Waals surface area contributed by atoms with Gasteiger partial charge in [-0.1, -0.05) is 12.1 Å². The minimum atomic E-state index is -2.81. The number of piperidine rings is 1. The van der Waals surface area contributed by atoms with Crippen LogP contribution < -0.4 is 0 Å². The van der Waals surface area contributed by atoms with Crippen molar-refractivity contribution in [2.24, 2.45) is 5.92 Å². The topological polar surface area (TPSA) is 73.7 Å². The Kier molecular flexibility index (Phi) is 6.11. The molecule has 1 aromatic heterocycles. The van der Waals surface area contributed by atoms with Gasteiger partial charge < -0.3 is 14.4 Å². The zero-order valence-electron chi connectivity index (χ0n) is 15.8. The van der Waals surface area contributed by atoms with Crippen molar-refractivity contribution in [3.05, 3.63) is 30.1 Å². The number of hydrogen-bond acceptors (Lipinski definition) is 5. The number of benzene rings is 1. The van der Waals surface area contributed by atoms with Gasteiger partial charge in [-0.15, -0.1) is 0 Å². The Labute approximate surface area is 161 Å². The Hall–Kier alpha value is -2.71. The summed E-state index contributed by atoms with van der Waals surface area (Å²) < 4.78 is 38.4. The lowest BCUT2D eigenvalue weighted by atomic mass is 9.98. The molecule has 1 aromatic carbocycles. The molecule has 1 fully saturated rings. The highest BCUT2D eigenvalue weighted by Crippen LogP contribution is 2.29. The van der Waals surface area contributed by atoms with E-state index in [1.165, 1.54) is 11.8 Å². The lowest BCUT2D eigenvalue weighted by molar-refractivity contribution is -0.156. The molecule has 1 amide bonds. The number of para-hydroxylation sites is 2. The van der Waals surface area contributed by atoms with E-state index in [2.05, 4.69) is 4.98 Å². The molecular formula is C19H23F2N3O4. The summed E-state index contributed by atoms with van der Waals surface area (Å²) >= 11 is 0. The standard InChI is InChI=1S/C19H23F2N3O4/c1-3-27-19(26)23-10-6-7-13(11-23)17(25)28-12(2)16-22-14-8-4-5-9-15(14)24(16)18(20)21/h4-5,8-9,12-13,18H,3,6-7,10-11H2,1-2H3. The van der Waals surface area contributed by atoms with E-state index < -0.39 is 30.6 Å². The van der Waals surface area contributed by atoms with Crippen LogP contribution in [-0.2, 0) is 14.3 Å². The normalized spacial score (nSPS) is 18.3. The second kappa shape index (κ2) is 8.53. The molecule has 0 aliphatic carbocycles. The van der Waals surface area contributed by atoms with E-state index in [1.807, 2.05) is 0 Å². The molecule has 9 heteroatoms. The van der Waals surface area contributed by atoms with Crippen LogP contribution in [0.1, 0.15) is 45.2 Å². The van der Waals surface area contributed by atoms with Crippen LogP contribution in [-0.4, -0.2) is 46.2 Å². The number of carbonyl (C=O) groups is 2. The molecule has 3 rings (SSSR count). The van der Waals surface area contributed by atoms with Gasteiger partial charge in [0.25, 0.3) is 0 Å². The third-order valence-corrected chi connectivity index (χ3v) is 4.76. The van der Waals surface area contributed by atoms with E-state index in [-0.39, 0.29) is 24.5 Å². The van der Waals surface area contributed by atoms with Crippen LogP contribution in [0.4, 0.5) is 13.6 Å². The van der Waals surface area contributed by atoms with Crippen LogP contribution in [0.3, 0.4) is 0 Å². The van der Waals surface area contributed by atoms with Crippen LogP contribution in [0, 0.1) is 5.92 Å². The van der Waals surface area contributed by atoms with Crippen LogP contribution in [0.5, 0.6) is 0 Å². The Bertz CT molecular complexity index is 855. The first kappa shape index (κ1) is 20.0. The molecule has 2 aromatic rings. The molecule has 28 heavy (non-hydrogen) atoms. The zero-order valence-corrected chi connectivity index (χ0v) is 15.8. The number of imidazole rings is 1. The number of rotatable bonds is 5. The first-order valence-corrected chi connectivity index (χ1v) is 9.29. The zero-order chi connectivity index (χ0) is 20.3. The van der Waals surface area contributed by atoms with Crippen LogP contribution in [0.25, 0.3) is 11.0 Å². The number of amides is 1. The van der Waals surface area contributed by atoms with Crippen molar-refractivity contribution in [2.45, 2.75) is 39.3 Å². The summed E-state index contributed by atoms with van der Waals surface area (Å²) in [5.41, 5.74) is 0.688. The molecule has 7 nitrogen and oxygen atoms in total. The molecule has 0 spiro atoms. The van der Waals surface area contributed by atoms with Gasteiger partial charge in [-0.2, -0.15) is 8.78 Å². The summed E-state index contributed by atoms with van der Waals surface area (Å²) in [6.45, 7) is 1.38. The van der Waals surface area contributed by atoms with Crippen LogP contribution >= 0.6 is 0 Å². The molecule has 2 atom stereocenters. The summed E-state index contributed by atoms with van der Waals surface area (Å²) in [5.74, 6) is -1.07. The van der Waals surface area contributed by atoms with Gasteiger partial charge in [0.2, 0.25) is 0 Å². The van der Waals surface area contributed by atoms with Gasteiger partial charge in [0.15, 0.2) is 11.9 Å². The Morgan fingerprint density at radius 1 is 1.32 bits per heavy atom. The first-order chi connectivity index (χ1) is 13.4. The Morgan fingerprint density at radius 2 is 2.07 bits per heavy atom. The fraction of sp³-hybridized carbons (Fsp3) is 0.526. The second-order valence-corrected chi connectivity index (χ2v) is 6.67. The third-order valence-electron chi connectivity index (χ3n) is 4.76. The van der Waals surface area contributed by atoms with E-state index in [0.29, 0.717) is 24.9 Å². The highest BCUT2D eigenvalue weighted by molar-refractivity contribution is 5.77. The number of fused-ring (bicyclic) bond motifs is 1. The van der Waals surface area contributed by atoms with Gasteiger partial charge in [0.1, 0.15) is 0 Å². The third kappa shape index (κ3) is 4.07. The minimum absolute atomic E-state index is 0.0115. The fourth-order valence-electron chi connectivity index (χ4n) is 3.43. The number of aromatic nitrogens is 2. The van der Waals surface area contributed by atoms with Gasteiger partial charge in [-0.05, 0) is 38.8 Å². The van der Waals surface area contributed by atoms with E-state index in [4.69, 9.17) is 9.47 Å². The number of likely N-dealkylation sites (tertiary alicyclic amines) is 1. The highest BCUT2D eigenvalue weighted by Gasteiger charge is 2.32. The van der Waals surface area contributed by atoms with Gasteiger partial charge in [0, 0.05) is 13.1 Å². The maximum Gasteiger partial charge on any atom is 0.409 e. The average Bonchev–Trinajstić information content (AvgIpc) is 3.08. The van der Waals surface area contributed by atoms with Crippen molar-refractivity contribution >= 4 is 23.1 Å². The molecule has 0 saturated carbocycles. The van der Waals surface area contributed by atoms with E-state index >= 15 is 0 Å². The maximum atomic E-state index is 13.6. The SMILES string of the molecule is CCOC(=O)N1CCCC(C(=O)OC(C)c2nc3ccccc3n2C(F)F)C1. The van der Waals surface area contributed by atoms with Crippen molar-refractivity contribution in [2.75, 3.05) is 19.7 Å². The molecule has 2 heterocycles. The van der Waals surface area contributed by atoms with Crippen molar-refractivity contribution in [3.8, 4) is 0 Å².